The summed E-state index contributed by atoms with van der Waals surface area (Å²) in [7, 11) is 1.35. The number of alkyl halides is 9. The predicted octanol–water partition coefficient (Wildman–Crippen LogP) is 3.79. The second-order valence-corrected chi connectivity index (χ2v) is 5.54. The third-order valence-electron chi connectivity index (χ3n) is 3.80. The lowest BCUT2D eigenvalue weighted by molar-refractivity contribution is -0.376. The van der Waals surface area contributed by atoms with Crippen molar-refractivity contribution in [3.05, 3.63) is 23.3 Å². The van der Waals surface area contributed by atoms with Crippen LogP contribution in [-0.4, -0.2) is 43.0 Å². The Hall–Kier alpha value is -1.89. The number of hydrogen-bond donors (Lipinski definition) is 2. The fraction of sp³-hybridized carbons (Fsp3) is 0.571. The van der Waals surface area contributed by atoms with Crippen LogP contribution < -0.4 is 9.47 Å². The summed E-state index contributed by atoms with van der Waals surface area (Å²) < 4.78 is 127. The second kappa shape index (κ2) is 6.62. The Balaban J connectivity index is 4.05. The fourth-order valence-electron chi connectivity index (χ4n) is 2.14. The standard InChI is InChI=1S/C14H13F9O4/c1-10(24,12(15,16)17)6-4-7(9(27-3)8(5-6)26-2)11(25,13(18,19)20)14(21,22)23/h4-5,24-25H,1-3H3. The number of rotatable bonds is 4. The van der Waals surface area contributed by atoms with Crippen molar-refractivity contribution < 1.29 is 59.2 Å². The number of halogens is 9. The van der Waals surface area contributed by atoms with Gasteiger partial charge in [-0.2, -0.15) is 39.5 Å². The van der Waals surface area contributed by atoms with Crippen molar-refractivity contribution in [2.45, 2.75) is 36.7 Å². The minimum absolute atomic E-state index is 0.109. The van der Waals surface area contributed by atoms with Gasteiger partial charge in [-0.15, -0.1) is 0 Å². The normalized spacial score (nSPS) is 16.1. The van der Waals surface area contributed by atoms with E-state index in [1.807, 2.05) is 0 Å². The largest absolute Gasteiger partial charge is 0.493 e. The van der Waals surface area contributed by atoms with E-state index >= 15 is 0 Å². The maximum absolute atomic E-state index is 13.1. The molecule has 0 aromatic heterocycles. The Kier molecular flexibility index (Phi) is 5.67. The zero-order valence-electron chi connectivity index (χ0n) is 13.8. The third-order valence-corrected chi connectivity index (χ3v) is 3.80. The summed E-state index contributed by atoms with van der Waals surface area (Å²) in [6.07, 6.45) is -18.3. The van der Waals surface area contributed by atoms with E-state index in [0.29, 0.717) is 13.2 Å². The molecule has 27 heavy (non-hydrogen) atoms. The molecule has 156 valence electrons. The minimum atomic E-state index is -6.40. The molecule has 4 nitrogen and oxygen atoms in total. The lowest BCUT2D eigenvalue weighted by atomic mass is 9.85. The lowest BCUT2D eigenvalue weighted by Crippen LogP contribution is -2.54. The minimum Gasteiger partial charge on any atom is -0.493 e. The van der Waals surface area contributed by atoms with E-state index in [1.165, 1.54) is 0 Å². The van der Waals surface area contributed by atoms with Gasteiger partial charge in [0.25, 0.3) is 5.60 Å². The van der Waals surface area contributed by atoms with Crippen LogP contribution >= 0.6 is 0 Å². The van der Waals surface area contributed by atoms with Crippen molar-refractivity contribution in [2.24, 2.45) is 0 Å². The summed E-state index contributed by atoms with van der Waals surface area (Å²) in [5.74, 6) is -2.31. The van der Waals surface area contributed by atoms with Gasteiger partial charge in [0.2, 0.25) is 0 Å². The molecule has 0 aliphatic carbocycles. The van der Waals surface area contributed by atoms with Gasteiger partial charge in [0.15, 0.2) is 17.1 Å². The molecule has 0 fully saturated rings. The van der Waals surface area contributed by atoms with E-state index in [9.17, 15) is 49.7 Å². The molecular weight excluding hydrogens is 403 g/mol. The molecule has 0 saturated heterocycles. The van der Waals surface area contributed by atoms with Crippen LogP contribution in [0.25, 0.3) is 0 Å². The highest BCUT2D eigenvalue weighted by Gasteiger charge is 2.73. The van der Waals surface area contributed by atoms with Crippen molar-refractivity contribution in [1.82, 2.24) is 0 Å². The number of benzene rings is 1. The molecule has 0 aliphatic rings. The molecule has 0 bridgehead atoms. The van der Waals surface area contributed by atoms with Crippen LogP contribution in [0.4, 0.5) is 39.5 Å². The Morgan fingerprint density at radius 1 is 0.741 bits per heavy atom. The molecule has 1 atom stereocenters. The van der Waals surface area contributed by atoms with Gasteiger partial charge >= 0.3 is 18.5 Å². The summed E-state index contributed by atoms with van der Waals surface area (Å²) in [6.45, 7) is 0.109. The highest BCUT2D eigenvalue weighted by atomic mass is 19.4. The van der Waals surface area contributed by atoms with Crippen molar-refractivity contribution in [3.63, 3.8) is 0 Å². The molecule has 0 saturated carbocycles. The zero-order valence-corrected chi connectivity index (χ0v) is 13.8. The van der Waals surface area contributed by atoms with Crippen LogP contribution in [0.3, 0.4) is 0 Å². The molecule has 1 rings (SSSR count). The molecule has 1 aromatic carbocycles. The van der Waals surface area contributed by atoms with E-state index in [4.69, 9.17) is 0 Å². The molecular formula is C14H13F9O4. The summed E-state index contributed by atoms with van der Waals surface area (Å²) in [5, 5.41) is 19.2. The highest BCUT2D eigenvalue weighted by Crippen LogP contribution is 2.55. The Morgan fingerprint density at radius 3 is 1.48 bits per heavy atom. The Labute approximate surface area is 146 Å². The fourth-order valence-corrected chi connectivity index (χ4v) is 2.14. The Bertz CT molecular complexity index is 676. The van der Waals surface area contributed by atoms with Gasteiger partial charge in [0.1, 0.15) is 0 Å². The van der Waals surface area contributed by atoms with Gasteiger partial charge in [0, 0.05) is 5.56 Å². The summed E-state index contributed by atoms with van der Waals surface area (Å²) >= 11 is 0. The van der Waals surface area contributed by atoms with E-state index in [1.54, 1.807) is 0 Å². The van der Waals surface area contributed by atoms with Gasteiger partial charge in [-0.1, -0.05) is 0 Å². The first-order valence-electron chi connectivity index (χ1n) is 6.78. The molecule has 0 radical (unpaired) electrons. The third kappa shape index (κ3) is 3.61. The Morgan fingerprint density at radius 2 is 1.19 bits per heavy atom. The molecule has 0 spiro atoms. The first kappa shape index (κ1) is 23.1. The number of methoxy groups -OCH3 is 2. The monoisotopic (exact) mass is 416 g/mol. The molecule has 13 heteroatoms. The van der Waals surface area contributed by atoms with Gasteiger partial charge in [-0.05, 0) is 24.6 Å². The van der Waals surface area contributed by atoms with Crippen LogP contribution in [0.1, 0.15) is 18.1 Å². The maximum atomic E-state index is 13.1. The topological polar surface area (TPSA) is 58.9 Å². The molecule has 0 amide bonds. The van der Waals surface area contributed by atoms with Crippen LogP contribution in [0.15, 0.2) is 12.1 Å². The average molecular weight is 416 g/mol. The number of aliphatic hydroxyl groups is 2. The first-order valence-corrected chi connectivity index (χ1v) is 6.78. The van der Waals surface area contributed by atoms with Crippen molar-refractivity contribution >= 4 is 0 Å². The van der Waals surface area contributed by atoms with E-state index in [-0.39, 0.29) is 13.0 Å². The zero-order chi connectivity index (χ0) is 21.6. The van der Waals surface area contributed by atoms with E-state index in [0.717, 1.165) is 7.11 Å². The molecule has 0 heterocycles. The van der Waals surface area contributed by atoms with Gasteiger partial charge < -0.3 is 19.7 Å². The van der Waals surface area contributed by atoms with Gasteiger partial charge in [0.05, 0.1) is 14.2 Å². The van der Waals surface area contributed by atoms with Crippen LogP contribution in [0.2, 0.25) is 0 Å². The summed E-state index contributed by atoms with van der Waals surface area (Å²) in [6, 6.07) is 0.0683. The van der Waals surface area contributed by atoms with E-state index < -0.39 is 52.4 Å². The predicted molar refractivity (Wildman–Crippen MR) is 71.2 cm³/mol. The molecule has 2 N–H and O–H groups in total. The van der Waals surface area contributed by atoms with Gasteiger partial charge in [-0.3, -0.25) is 0 Å². The van der Waals surface area contributed by atoms with Crippen molar-refractivity contribution in [3.8, 4) is 11.5 Å². The molecule has 0 aliphatic heterocycles. The lowest BCUT2D eigenvalue weighted by Gasteiger charge is -2.35. The highest BCUT2D eigenvalue weighted by molar-refractivity contribution is 5.54. The first-order chi connectivity index (χ1) is 11.9. The summed E-state index contributed by atoms with van der Waals surface area (Å²) in [4.78, 5) is 0. The number of ether oxygens (including phenoxy) is 2. The maximum Gasteiger partial charge on any atom is 0.430 e. The van der Waals surface area contributed by atoms with Gasteiger partial charge in [-0.25, -0.2) is 0 Å². The number of hydrogen-bond acceptors (Lipinski definition) is 4. The molecule has 1 unspecified atom stereocenters. The summed E-state index contributed by atoms with van der Waals surface area (Å²) in [5.41, 5.74) is -13.0. The van der Waals surface area contributed by atoms with Crippen LogP contribution in [0, 0.1) is 0 Å². The quantitative estimate of drug-likeness (QED) is 0.734. The van der Waals surface area contributed by atoms with Crippen molar-refractivity contribution in [2.75, 3.05) is 14.2 Å². The smallest absolute Gasteiger partial charge is 0.430 e. The second-order valence-electron chi connectivity index (χ2n) is 5.54. The SMILES string of the molecule is COc1cc(C(C)(O)C(F)(F)F)cc(C(O)(C(F)(F)F)C(F)(F)F)c1OC. The van der Waals surface area contributed by atoms with E-state index in [2.05, 4.69) is 9.47 Å². The average Bonchev–Trinajstić information content (AvgIpc) is 2.49. The van der Waals surface area contributed by atoms with Crippen molar-refractivity contribution in [1.29, 1.82) is 0 Å². The van der Waals surface area contributed by atoms with Crippen LogP contribution in [0.5, 0.6) is 11.5 Å². The molecule has 1 aromatic rings. The van der Waals surface area contributed by atoms with Crippen LogP contribution in [-0.2, 0) is 11.2 Å².